The Morgan fingerprint density at radius 3 is 2.63 bits per heavy atom. The highest BCUT2D eigenvalue weighted by atomic mass is 35.5. The minimum Gasteiger partial charge on any atom is -0.323 e. The number of amides is 1. The predicted molar refractivity (Wildman–Crippen MR) is 69.9 cm³/mol. The van der Waals surface area contributed by atoms with E-state index < -0.39 is 10.8 Å². The molecule has 1 aromatic carbocycles. The number of non-ortho nitro benzene ring substituents is 1. The molecule has 1 amide bonds. The SMILES string of the molecule is CC(C)N(CC#N)C(=O)c1cc(Cl)cc([N+](=O)[O-])c1. The highest BCUT2D eigenvalue weighted by Gasteiger charge is 2.21. The van der Waals surface area contributed by atoms with E-state index in [1.807, 2.05) is 6.07 Å². The van der Waals surface area contributed by atoms with Gasteiger partial charge in [-0.25, -0.2) is 0 Å². The zero-order valence-corrected chi connectivity index (χ0v) is 11.2. The molecule has 0 heterocycles. The topological polar surface area (TPSA) is 87.2 Å². The molecule has 0 aliphatic carbocycles. The van der Waals surface area contributed by atoms with Gasteiger partial charge in [0.05, 0.1) is 11.0 Å². The van der Waals surface area contributed by atoms with Crippen molar-refractivity contribution in [3.63, 3.8) is 0 Å². The Morgan fingerprint density at radius 2 is 2.16 bits per heavy atom. The number of carbonyl (C=O) groups excluding carboxylic acids is 1. The number of hydrogen-bond donors (Lipinski definition) is 0. The largest absolute Gasteiger partial charge is 0.323 e. The van der Waals surface area contributed by atoms with Crippen LogP contribution in [-0.4, -0.2) is 28.3 Å². The van der Waals surface area contributed by atoms with Crippen molar-refractivity contribution in [2.45, 2.75) is 19.9 Å². The summed E-state index contributed by atoms with van der Waals surface area (Å²) in [5, 5.41) is 19.5. The number of carbonyl (C=O) groups is 1. The van der Waals surface area contributed by atoms with Crippen molar-refractivity contribution >= 4 is 23.2 Å². The predicted octanol–water partition coefficient (Wildman–Crippen LogP) is 2.62. The lowest BCUT2D eigenvalue weighted by Crippen LogP contribution is -2.37. The molecule has 1 aromatic rings. The fourth-order valence-corrected chi connectivity index (χ4v) is 1.76. The summed E-state index contributed by atoms with van der Waals surface area (Å²) in [6.45, 7) is 3.43. The summed E-state index contributed by atoms with van der Waals surface area (Å²) in [4.78, 5) is 23.6. The minimum absolute atomic E-state index is 0.0865. The first-order chi connectivity index (χ1) is 8.86. The van der Waals surface area contributed by atoms with Gasteiger partial charge in [-0.3, -0.25) is 14.9 Å². The van der Waals surface area contributed by atoms with Gasteiger partial charge in [-0.1, -0.05) is 11.6 Å². The van der Waals surface area contributed by atoms with Gasteiger partial charge in [0.15, 0.2) is 0 Å². The van der Waals surface area contributed by atoms with Crippen LogP contribution in [0.15, 0.2) is 18.2 Å². The maximum absolute atomic E-state index is 12.2. The molecule has 0 saturated heterocycles. The van der Waals surface area contributed by atoms with E-state index in [1.165, 1.54) is 17.0 Å². The highest BCUT2D eigenvalue weighted by Crippen LogP contribution is 2.22. The van der Waals surface area contributed by atoms with Gasteiger partial charge in [-0.2, -0.15) is 5.26 Å². The summed E-state index contributed by atoms with van der Waals surface area (Å²) in [5.41, 5.74) is -0.153. The number of hydrogen-bond acceptors (Lipinski definition) is 4. The van der Waals surface area contributed by atoms with E-state index in [0.717, 1.165) is 6.07 Å². The van der Waals surface area contributed by atoms with Crippen molar-refractivity contribution in [1.82, 2.24) is 4.90 Å². The Labute approximate surface area is 115 Å². The van der Waals surface area contributed by atoms with Gasteiger partial charge in [0.25, 0.3) is 11.6 Å². The molecule has 0 radical (unpaired) electrons. The molecule has 0 N–H and O–H groups in total. The summed E-state index contributed by atoms with van der Waals surface area (Å²) in [6, 6.07) is 5.37. The molecule has 0 aliphatic heterocycles. The molecule has 0 aromatic heterocycles. The van der Waals surface area contributed by atoms with Crippen LogP contribution < -0.4 is 0 Å². The zero-order chi connectivity index (χ0) is 14.6. The molecular formula is C12H12ClN3O3. The first kappa shape index (κ1) is 14.9. The number of nitrogens with zero attached hydrogens (tertiary/aromatic N) is 3. The first-order valence-corrected chi connectivity index (χ1v) is 5.87. The molecule has 0 fully saturated rings. The van der Waals surface area contributed by atoms with E-state index >= 15 is 0 Å². The Balaban J connectivity index is 3.18. The molecule has 0 spiro atoms. The number of nitriles is 1. The molecule has 0 aliphatic rings. The van der Waals surface area contributed by atoms with Crippen LogP contribution >= 0.6 is 11.6 Å². The van der Waals surface area contributed by atoms with Crippen LogP contribution in [0.2, 0.25) is 5.02 Å². The Hall–Kier alpha value is -2.13. The quantitative estimate of drug-likeness (QED) is 0.482. The third-order valence-electron chi connectivity index (χ3n) is 2.47. The number of nitro benzene ring substituents is 1. The van der Waals surface area contributed by atoms with Gasteiger partial charge in [-0.15, -0.1) is 0 Å². The first-order valence-electron chi connectivity index (χ1n) is 5.49. The van der Waals surface area contributed by atoms with Crippen molar-refractivity contribution in [3.05, 3.63) is 38.9 Å². The van der Waals surface area contributed by atoms with E-state index in [1.54, 1.807) is 13.8 Å². The summed E-state index contributed by atoms with van der Waals surface area (Å²) >= 11 is 5.76. The molecular weight excluding hydrogens is 270 g/mol. The molecule has 1 rings (SSSR count). The average molecular weight is 282 g/mol. The lowest BCUT2D eigenvalue weighted by molar-refractivity contribution is -0.384. The van der Waals surface area contributed by atoms with Gasteiger partial charge in [0.2, 0.25) is 0 Å². The van der Waals surface area contributed by atoms with Crippen LogP contribution in [0, 0.1) is 21.4 Å². The lowest BCUT2D eigenvalue weighted by atomic mass is 10.1. The second kappa shape index (κ2) is 6.16. The molecule has 7 heteroatoms. The monoisotopic (exact) mass is 281 g/mol. The summed E-state index contributed by atoms with van der Waals surface area (Å²) in [6.07, 6.45) is 0. The summed E-state index contributed by atoms with van der Waals surface area (Å²) in [5.74, 6) is -0.456. The third-order valence-corrected chi connectivity index (χ3v) is 2.68. The van der Waals surface area contributed by atoms with Crippen molar-refractivity contribution in [3.8, 4) is 6.07 Å². The number of rotatable bonds is 4. The maximum Gasteiger partial charge on any atom is 0.271 e. The molecule has 19 heavy (non-hydrogen) atoms. The number of halogens is 1. The summed E-state index contributed by atoms with van der Waals surface area (Å²) in [7, 11) is 0. The lowest BCUT2D eigenvalue weighted by Gasteiger charge is -2.23. The van der Waals surface area contributed by atoms with E-state index in [4.69, 9.17) is 16.9 Å². The summed E-state index contributed by atoms with van der Waals surface area (Å²) < 4.78 is 0. The highest BCUT2D eigenvalue weighted by molar-refractivity contribution is 6.31. The number of benzene rings is 1. The molecule has 0 unspecified atom stereocenters. The standard InChI is InChI=1S/C12H12ClN3O3/c1-8(2)15(4-3-14)12(17)9-5-10(13)7-11(6-9)16(18)19/h5-8H,4H2,1-2H3. The molecule has 6 nitrogen and oxygen atoms in total. The van der Waals surface area contributed by atoms with Crippen LogP contribution in [0.3, 0.4) is 0 Å². The smallest absolute Gasteiger partial charge is 0.271 e. The van der Waals surface area contributed by atoms with Crippen molar-refractivity contribution in [2.75, 3.05) is 6.54 Å². The van der Waals surface area contributed by atoms with Crippen molar-refractivity contribution in [1.29, 1.82) is 5.26 Å². The molecule has 100 valence electrons. The fourth-order valence-electron chi connectivity index (χ4n) is 1.53. The van der Waals surface area contributed by atoms with Crippen molar-refractivity contribution < 1.29 is 9.72 Å². The normalized spacial score (nSPS) is 10.1. The van der Waals surface area contributed by atoms with Crippen molar-refractivity contribution in [2.24, 2.45) is 0 Å². The minimum atomic E-state index is -0.618. The van der Waals surface area contributed by atoms with E-state index in [0.29, 0.717) is 0 Å². The van der Waals surface area contributed by atoms with Gasteiger partial charge in [-0.05, 0) is 19.9 Å². The maximum atomic E-state index is 12.2. The second-order valence-electron chi connectivity index (χ2n) is 4.14. The molecule has 0 bridgehead atoms. The van der Waals surface area contributed by atoms with Crippen LogP contribution in [-0.2, 0) is 0 Å². The average Bonchev–Trinajstić information content (AvgIpc) is 2.33. The molecule has 0 saturated carbocycles. The Morgan fingerprint density at radius 1 is 1.53 bits per heavy atom. The zero-order valence-electron chi connectivity index (χ0n) is 10.5. The van der Waals surface area contributed by atoms with Gasteiger partial charge < -0.3 is 4.90 Å². The van der Waals surface area contributed by atoms with Crippen LogP contribution in [0.25, 0.3) is 0 Å². The van der Waals surface area contributed by atoms with Gasteiger partial charge in [0, 0.05) is 28.8 Å². The third kappa shape index (κ3) is 3.66. The van der Waals surface area contributed by atoms with E-state index in [9.17, 15) is 14.9 Å². The van der Waals surface area contributed by atoms with Gasteiger partial charge in [0.1, 0.15) is 6.54 Å². The molecule has 0 atom stereocenters. The van der Waals surface area contributed by atoms with Crippen LogP contribution in [0.5, 0.6) is 0 Å². The van der Waals surface area contributed by atoms with E-state index in [-0.39, 0.29) is 28.9 Å². The van der Waals surface area contributed by atoms with Crippen LogP contribution in [0.4, 0.5) is 5.69 Å². The van der Waals surface area contributed by atoms with E-state index in [2.05, 4.69) is 0 Å². The fraction of sp³-hybridized carbons (Fsp3) is 0.333. The van der Waals surface area contributed by atoms with Gasteiger partial charge >= 0.3 is 0 Å². The van der Waals surface area contributed by atoms with Crippen LogP contribution in [0.1, 0.15) is 24.2 Å². The Bertz CT molecular complexity index is 552. The Kier molecular flexibility index (Phi) is 4.84. The second-order valence-corrected chi connectivity index (χ2v) is 4.58. The number of nitro groups is 1.